The average Bonchev–Trinajstić information content (AvgIpc) is 2.07. The first kappa shape index (κ1) is 9.93. The zero-order chi connectivity index (χ0) is 10.2. The van der Waals surface area contributed by atoms with Gasteiger partial charge in [-0.1, -0.05) is 11.6 Å². The third-order valence-corrected chi connectivity index (χ3v) is 4.79. The number of hydrogen-bond donors (Lipinski definition) is 0. The normalized spacial score (nSPS) is 18.7. The van der Waals surface area contributed by atoms with Crippen LogP contribution in [0.1, 0.15) is 6.42 Å². The van der Waals surface area contributed by atoms with E-state index in [-0.39, 0.29) is 5.02 Å². The Bertz CT molecular complexity index is 470. The van der Waals surface area contributed by atoms with Gasteiger partial charge < -0.3 is 0 Å². The molecule has 0 radical (unpaired) electrons. The van der Waals surface area contributed by atoms with Crippen LogP contribution in [-0.2, 0) is 9.73 Å². The lowest BCUT2D eigenvalue weighted by Gasteiger charge is -2.17. The summed E-state index contributed by atoms with van der Waals surface area (Å²) < 4.78 is 28.5. The molecule has 0 aliphatic carbocycles. The Balaban J connectivity index is 2.43. The predicted molar refractivity (Wildman–Crippen MR) is 56.0 cm³/mol. The van der Waals surface area contributed by atoms with Gasteiger partial charge in [-0.15, -0.1) is 0 Å². The summed E-state index contributed by atoms with van der Waals surface area (Å²) in [5.41, 5.74) is 0.428. The maximum Gasteiger partial charge on any atom is 0.124 e. The molecule has 1 fully saturated rings. The molecule has 1 aromatic rings. The Hall–Kier alpha value is -0.610. The van der Waals surface area contributed by atoms with Gasteiger partial charge >= 0.3 is 0 Å². The fraction of sp³-hybridized carbons (Fsp3) is 0.333. The van der Waals surface area contributed by atoms with Crippen molar-refractivity contribution in [1.82, 2.24) is 0 Å². The lowest BCUT2D eigenvalue weighted by Crippen LogP contribution is -2.22. The molecule has 0 spiro atoms. The molecule has 2 rings (SSSR count). The lowest BCUT2D eigenvalue weighted by molar-refractivity contribution is 0.628. The van der Waals surface area contributed by atoms with Gasteiger partial charge in [0.2, 0.25) is 0 Å². The molecule has 0 saturated carbocycles. The second-order valence-corrected chi connectivity index (χ2v) is 6.17. The van der Waals surface area contributed by atoms with E-state index in [1.165, 1.54) is 18.2 Å². The van der Waals surface area contributed by atoms with Crippen LogP contribution in [0.2, 0.25) is 5.02 Å². The van der Waals surface area contributed by atoms with Gasteiger partial charge in [0.15, 0.2) is 0 Å². The van der Waals surface area contributed by atoms with Crippen molar-refractivity contribution in [1.29, 1.82) is 0 Å². The number of hydrogen-bond acceptors (Lipinski definition) is 2. The zero-order valence-electron chi connectivity index (χ0n) is 7.37. The molecule has 2 nitrogen and oxygen atoms in total. The largest absolute Gasteiger partial charge is 0.249 e. The van der Waals surface area contributed by atoms with Crippen LogP contribution >= 0.6 is 11.6 Å². The minimum Gasteiger partial charge on any atom is -0.249 e. The maximum atomic E-state index is 12.7. The molecule has 0 bridgehead atoms. The zero-order valence-corrected chi connectivity index (χ0v) is 8.95. The van der Waals surface area contributed by atoms with Crippen LogP contribution in [0.5, 0.6) is 0 Å². The smallest absolute Gasteiger partial charge is 0.124 e. The number of rotatable bonds is 1. The van der Waals surface area contributed by atoms with Crippen molar-refractivity contribution in [2.24, 2.45) is 4.36 Å². The van der Waals surface area contributed by atoms with Crippen molar-refractivity contribution in [2.75, 3.05) is 11.5 Å². The molecule has 0 N–H and O–H groups in total. The van der Waals surface area contributed by atoms with Crippen molar-refractivity contribution >= 4 is 27.0 Å². The van der Waals surface area contributed by atoms with E-state index < -0.39 is 15.5 Å². The molecule has 76 valence electrons. The highest BCUT2D eigenvalue weighted by Gasteiger charge is 2.19. The molecule has 14 heavy (non-hydrogen) atoms. The summed E-state index contributed by atoms with van der Waals surface area (Å²) in [6, 6.07) is 3.91. The summed E-state index contributed by atoms with van der Waals surface area (Å²) in [6.45, 7) is 0. The second-order valence-electron chi connectivity index (χ2n) is 3.22. The molecule has 0 amide bonds. The molecule has 0 atom stereocenters. The van der Waals surface area contributed by atoms with Crippen molar-refractivity contribution < 1.29 is 8.60 Å². The molecule has 1 aromatic carbocycles. The van der Waals surface area contributed by atoms with Gasteiger partial charge in [0.25, 0.3) is 0 Å². The standard InChI is InChI=1S/C9H9ClFNOS/c10-8-6-7(11)2-3-9(8)12-14(13)4-1-5-14/h2-3,6H,1,4-5H2. The van der Waals surface area contributed by atoms with Crippen molar-refractivity contribution in [3.05, 3.63) is 29.0 Å². The summed E-state index contributed by atoms with van der Waals surface area (Å²) in [5.74, 6) is 0.846. The Morgan fingerprint density at radius 3 is 2.64 bits per heavy atom. The van der Waals surface area contributed by atoms with E-state index in [4.69, 9.17) is 11.6 Å². The molecule has 1 aliphatic heterocycles. The van der Waals surface area contributed by atoms with Crippen molar-refractivity contribution in [2.45, 2.75) is 6.42 Å². The first-order valence-corrected chi connectivity index (χ1v) is 6.50. The lowest BCUT2D eigenvalue weighted by atomic mass is 10.3. The Morgan fingerprint density at radius 1 is 1.43 bits per heavy atom. The van der Waals surface area contributed by atoms with Crippen molar-refractivity contribution in [3.63, 3.8) is 0 Å². The van der Waals surface area contributed by atoms with Crippen LogP contribution in [0.25, 0.3) is 0 Å². The third-order valence-electron chi connectivity index (χ3n) is 2.10. The van der Waals surface area contributed by atoms with Crippen LogP contribution in [-0.4, -0.2) is 15.7 Å². The van der Waals surface area contributed by atoms with Gasteiger partial charge in [0, 0.05) is 11.5 Å². The SMILES string of the molecule is O=S1(=Nc2ccc(F)cc2Cl)CCC1. The minimum atomic E-state index is -2.06. The van der Waals surface area contributed by atoms with Gasteiger partial charge in [-0.2, -0.15) is 4.36 Å². The monoisotopic (exact) mass is 233 g/mol. The predicted octanol–water partition coefficient (Wildman–Crippen LogP) is 2.98. The van der Waals surface area contributed by atoms with Crippen LogP contribution in [0, 0.1) is 5.82 Å². The summed E-state index contributed by atoms with van der Waals surface area (Å²) in [6.07, 6.45) is 0.946. The van der Waals surface area contributed by atoms with E-state index in [0.717, 1.165) is 6.42 Å². The summed E-state index contributed by atoms with van der Waals surface area (Å²) in [4.78, 5) is 0. The van der Waals surface area contributed by atoms with Crippen molar-refractivity contribution in [3.8, 4) is 0 Å². The fourth-order valence-corrected chi connectivity index (χ4v) is 2.96. The third kappa shape index (κ3) is 1.91. The molecule has 1 aliphatic rings. The van der Waals surface area contributed by atoms with E-state index in [1.54, 1.807) is 0 Å². The van der Waals surface area contributed by atoms with Crippen LogP contribution in [0.4, 0.5) is 10.1 Å². The second kappa shape index (κ2) is 3.51. The van der Waals surface area contributed by atoms with Gasteiger partial charge in [-0.25, -0.2) is 8.60 Å². The van der Waals surface area contributed by atoms with Crippen LogP contribution < -0.4 is 0 Å². The molecular formula is C9H9ClFNOS. The summed E-state index contributed by atoms with van der Waals surface area (Å²) in [7, 11) is -2.06. The molecule has 5 heteroatoms. The van der Waals surface area contributed by atoms with Gasteiger partial charge in [0.05, 0.1) is 20.4 Å². The molecule has 0 unspecified atom stereocenters. The molecular weight excluding hydrogens is 225 g/mol. The minimum absolute atomic E-state index is 0.222. The quantitative estimate of drug-likeness (QED) is 0.733. The molecule has 1 heterocycles. The average molecular weight is 234 g/mol. The van der Waals surface area contributed by atoms with E-state index in [0.29, 0.717) is 17.2 Å². The number of nitrogens with zero attached hydrogens (tertiary/aromatic N) is 1. The van der Waals surface area contributed by atoms with E-state index >= 15 is 0 Å². The number of benzene rings is 1. The van der Waals surface area contributed by atoms with Gasteiger partial charge in [0.1, 0.15) is 5.82 Å². The molecule has 1 saturated heterocycles. The first-order valence-electron chi connectivity index (χ1n) is 4.27. The maximum absolute atomic E-state index is 12.7. The Labute approximate surface area is 87.3 Å². The van der Waals surface area contributed by atoms with E-state index in [1.807, 2.05) is 0 Å². The topological polar surface area (TPSA) is 29.4 Å². The fourth-order valence-electron chi connectivity index (χ4n) is 1.22. The Kier molecular flexibility index (Phi) is 2.49. The van der Waals surface area contributed by atoms with E-state index in [9.17, 15) is 8.60 Å². The summed E-state index contributed by atoms with van der Waals surface area (Å²) in [5, 5.41) is 0.222. The van der Waals surface area contributed by atoms with Crippen LogP contribution in [0.15, 0.2) is 22.6 Å². The summed E-state index contributed by atoms with van der Waals surface area (Å²) >= 11 is 5.76. The molecule has 0 aromatic heterocycles. The van der Waals surface area contributed by atoms with Gasteiger partial charge in [-0.3, -0.25) is 0 Å². The highest BCUT2D eigenvalue weighted by atomic mass is 35.5. The highest BCUT2D eigenvalue weighted by Crippen LogP contribution is 2.29. The van der Waals surface area contributed by atoms with E-state index in [2.05, 4.69) is 4.36 Å². The number of halogens is 2. The Morgan fingerprint density at radius 2 is 2.14 bits per heavy atom. The first-order chi connectivity index (χ1) is 6.59. The van der Waals surface area contributed by atoms with Crippen LogP contribution in [0.3, 0.4) is 0 Å². The van der Waals surface area contributed by atoms with Gasteiger partial charge in [-0.05, 0) is 24.6 Å². The highest BCUT2D eigenvalue weighted by molar-refractivity contribution is 7.95.